The number of hydrogen-bond donors (Lipinski definition) is 2. The molecule has 4 aromatic carbocycles. The predicted molar refractivity (Wildman–Crippen MR) is 222 cm³/mol. The van der Waals surface area contributed by atoms with Crippen LogP contribution >= 0.6 is 23.5 Å². The third kappa shape index (κ3) is 15.8. The quantitative estimate of drug-likeness (QED) is 0.108. The van der Waals surface area contributed by atoms with Crippen LogP contribution in [0.4, 0.5) is 0 Å². The van der Waals surface area contributed by atoms with Crippen molar-refractivity contribution in [2.24, 2.45) is 0 Å². The number of carbonyl (C=O) groups is 2. The van der Waals surface area contributed by atoms with E-state index in [-0.39, 0.29) is 30.0 Å². The summed E-state index contributed by atoms with van der Waals surface area (Å²) >= 11 is 3.35. The molecule has 10 heteroatoms. The number of carboxylic acid groups (broad SMARTS) is 2. The van der Waals surface area contributed by atoms with Gasteiger partial charge >= 0.3 is 11.9 Å². The number of nitrogens with zero attached hydrogens (tertiary/aromatic N) is 2. The topological polar surface area (TPSA) is 99.5 Å². The lowest BCUT2D eigenvalue weighted by Crippen LogP contribution is -2.38. The van der Waals surface area contributed by atoms with Crippen LogP contribution in [0.5, 0.6) is 11.5 Å². The highest BCUT2D eigenvalue weighted by atomic mass is 32.2. The van der Waals surface area contributed by atoms with Gasteiger partial charge in [-0.2, -0.15) is 0 Å². The van der Waals surface area contributed by atoms with Crippen LogP contribution in [0.3, 0.4) is 0 Å². The van der Waals surface area contributed by atoms with E-state index in [1.54, 1.807) is 35.5 Å². The van der Waals surface area contributed by atoms with E-state index in [2.05, 4.69) is 96.1 Å². The van der Waals surface area contributed by atoms with Gasteiger partial charge in [0, 0.05) is 28.9 Å². The average molecular weight is 775 g/mol. The van der Waals surface area contributed by atoms with Crippen molar-refractivity contribution in [1.29, 1.82) is 0 Å². The molecule has 0 unspecified atom stereocenters. The Labute approximate surface area is 331 Å². The van der Waals surface area contributed by atoms with E-state index >= 15 is 0 Å². The van der Waals surface area contributed by atoms with Gasteiger partial charge in [0.2, 0.25) is 0 Å². The Bertz CT molecular complexity index is 1750. The first kappa shape index (κ1) is 44.4. The number of aliphatic carboxylic acids is 2. The number of hydrogen-bond acceptors (Lipinski definition) is 8. The minimum absolute atomic E-state index is 0.0138. The molecule has 8 nitrogen and oxygen atoms in total. The van der Waals surface area contributed by atoms with E-state index in [0.717, 1.165) is 26.2 Å². The molecule has 0 aliphatic heterocycles. The zero-order chi connectivity index (χ0) is 39.9. The average Bonchev–Trinajstić information content (AvgIpc) is 3.09. The van der Waals surface area contributed by atoms with Gasteiger partial charge in [0.25, 0.3) is 0 Å². The highest BCUT2D eigenvalue weighted by Crippen LogP contribution is 2.37. The Kier molecular flexibility index (Phi) is 17.5. The lowest BCUT2D eigenvalue weighted by Gasteiger charge is -2.24. The van der Waals surface area contributed by atoms with E-state index < -0.39 is 11.9 Å². The molecule has 0 saturated carbocycles. The van der Waals surface area contributed by atoms with Crippen LogP contribution in [-0.4, -0.2) is 84.4 Å². The molecule has 0 aliphatic carbocycles. The minimum Gasteiger partial charge on any atom is -0.491 e. The van der Waals surface area contributed by atoms with Gasteiger partial charge in [0.15, 0.2) is 0 Å². The molecule has 0 amide bonds. The zero-order valence-corrected chi connectivity index (χ0v) is 34.9. The molecule has 0 radical (unpaired) electrons. The number of para-hydroxylation sites is 2. The van der Waals surface area contributed by atoms with Gasteiger partial charge in [0.05, 0.1) is 22.9 Å². The van der Waals surface area contributed by atoms with Crippen molar-refractivity contribution in [1.82, 2.24) is 9.80 Å². The van der Waals surface area contributed by atoms with Crippen molar-refractivity contribution in [2.45, 2.75) is 91.8 Å². The molecule has 0 aromatic heterocycles. The van der Waals surface area contributed by atoms with Gasteiger partial charge in [0.1, 0.15) is 24.7 Å². The van der Waals surface area contributed by atoms with Gasteiger partial charge < -0.3 is 19.7 Å². The van der Waals surface area contributed by atoms with Crippen LogP contribution in [0.2, 0.25) is 0 Å². The van der Waals surface area contributed by atoms with Gasteiger partial charge in [-0.1, -0.05) is 114 Å². The standard InChI is InChI=1S/C23H31NO3S.C21H27NO3S/c1-17(2)24(16-22(25)26)14-15-27-20-8-6-7-9-21(20)28-19-12-10-18(11-13-19)23(3,4)5;1-21(2,3)16-9-11-17(12-10-16)26-19-8-6-5-7-18(19)25-14-13-22(4)15-20(23)24/h6-13,17H,14-16H2,1-5H3,(H,25,26);5-12H,13-15H2,1-4H3,(H,23,24). The third-order valence-electron chi connectivity index (χ3n) is 8.44. The number of likely N-dealkylation sites (N-methyl/N-ethyl adjacent to an activating group) is 1. The second-order valence-corrected chi connectivity index (χ2v) is 17.7. The van der Waals surface area contributed by atoms with Crippen LogP contribution in [0.25, 0.3) is 0 Å². The smallest absolute Gasteiger partial charge is 0.317 e. The summed E-state index contributed by atoms with van der Waals surface area (Å²) in [4.78, 5) is 29.8. The van der Waals surface area contributed by atoms with Crippen molar-refractivity contribution in [3.8, 4) is 11.5 Å². The summed E-state index contributed by atoms with van der Waals surface area (Å²) in [6.07, 6.45) is 0. The zero-order valence-electron chi connectivity index (χ0n) is 33.3. The molecule has 0 bridgehead atoms. The molecular formula is C44H58N2O6S2. The molecule has 0 aliphatic rings. The first-order valence-corrected chi connectivity index (χ1v) is 19.9. The largest absolute Gasteiger partial charge is 0.491 e. The molecule has 4 rings (SSSR count). The fraction of sp³-hybridized carbons (Fsp3) is 0.409. The van der Waals surface area contributed by atoms with Crippen molar-refractivity contribution in [3.05, 3.63) is 108 Å². The van der Waals surface area contributed by atoms with Crippen molar-refractivity contribution >= 4 is 35.5 Å². The van der Waals surface area contributed by atoms with Crippen molar-refractivity contribution < 1.29 is 29.3 Å². The fourth-order valence-electron chi connectivity index (χ4n) is 5.20. The maximum Gasteiger partial charge on any atom is 0.317 e. The molecule has 0 spiro atoms. The van der Waals surface area contributed by atoms with Gasteiger partial charge in [-0.05, 0) is 91.4 Å². The van der Waals surface area contributed by atoms with E-state index in [0.29, 0.717) is 26.3 Å². The van der Waals surface area contributed by atoms with Crippen LogP contribution in [0.1, 0.15) is 66.5 Å². The van der Waals surface area contributed by atoms with E-state index in [9.17, 15) is 9.59 Å². The lowest BCUT2D eigenvalue weighted by molar-refractivity contribution is -0.139. The van der Waals surface area contributed by atoms with Gasteiger partial charge in [-0.3, -0.25) is 19.4 Å². The monoisotopic (exact) mass is 774 g/mol. The maximum absolute atomic E-state index is 11.0. The van der Waals surface area contributed by atoms with Crippen LogP contribution in [-0.2, 0) is 20.4 Å². The highest BCUT2D eigenvalue weighted by molar-refractivity contribution is 7.99. The molecule has 54 heavy (non-hydrogen) atoms. The number of rotatable bonds is 17. The number of ether oxygens (including phenoxy) is 2. The van der Waals surface area contributed by atoms with Crippen LogP contribution < -0.4 is 9.47 Å². The first-order valence-electron chi connectivity index (χ1n) is 18.3. The summed E-state index contributed by atoms with van der Waals surface area (Å²) in [5, 5.41) is 17.8. The Morgan fingerprint density at radius 1 is 0.611 bits per heavy atom. The summed E-state index contributed by atoms with van der Waals surface area (Å²) in [6, 6.07) is 33.3. The number of benzene rings is 4. The Hall–Kier alpha value is -3.96. The molecule has 4 aromatic rings. The first-order chi connectivity index (χ1) is 25.4. The summed E-state index contributed by atoms with van der Waals surface area (Å²) in [7, 11) is 1.77. The second-order valence-electron chi connectivity index (χ2n) is 15.4. The van der Waals surface area contributed by atoms with Gasteiger partial charge in [-0.25, -0.2) is 0 Å². The Morgan fingerprint density at radius 2 is 1.00 bits per heavy atom. The van der Waals surface area contributed by atoms with Crippen LogP contribution in [0.15, 0.2) is 117 Å². The normalized spacial score (nSPS) is 11.7. The third-order valence-corrected chi connectivity index (χ3v) is 10.6. The number of carboxylic acids is 2. The summed E-state index contributed by atoms with van der Waals surface area (Å²) in [6.45, 7) is 19.3. The second kappa shape index (κ2) is 21.2. The molecular weight excluding hydrogens is 717 g/mol. The molecule has 292 valence electrons. The molecule has 0 atom stereocenters. The molecule has 0 heterocycles. The molecule has 0 saturated heterocycles. The maximum atomic E-state index is 11.0. The molecule has 2 N–H and O–H groups in total. The van der Waals surface area contributed by atoms with Crippen molar-refractivity contribution in [2.75, 3.05) is 46.4 Å². The van der Waals surface area contributed by atoms with Crippen LogP contribution in [0, 0.1) is 0 Å². The molecule has 0 fully saturated rings. The van der Waals surface area contributed by atoms with E-state index in [4.69, 9.17) is 19.7 Å². The lowest BCUT2D eigenvalue weighted by atomic mass is 9.87. The predicted octanol–water partition coefficient (Wildman–Crippen LogP) is 9.84. The summed E-state index contributed by atoms with van der Waals surface area (Å²) in [5.41, 5.74) is 2.91. The summed E-state index contributed by atoms with van der Waals surface area (Å²) < 4.78 is 11.9. The Balaban J connectivity index is 0.000000291. The summed E-state index contributed by atoms with van der Waals surface area (Å²) in [5.74, 6) is -0.00179. The van der Waals surface area contributed by atoms with Crippen molar-refractivity contribution in [3.63, 3.8) is 0 Å². The van der Waals surface area contributed by atoms with E-state index in [1.165, 1.54) is 16.0 Å². The highest BCUT2D eigenvalue weighted by Gasteiger charge is 2.16. The minimum atomic E-state index is -0.831. The van der Waals surface area contributed by atoms with Gasteiger partial charge in [-0.15, -0.1) is 0 Å². The van der Waals surface area contributed by atoms with E-state index in [1.807, 2.05) is 61.2 Å². The SMILES string of the molecule is CC(C)N(CCOc1ccccc1Sc1ccc(C(C)(C)C)cc1)CC(=O)O.CN(CCOc1ccccc1Sc1ccc(C(C)(C)C)cc1)CC(=O)O. The Morgan fingerprint density at radius 3 is 1.37 bits per heavy atom. The fourth-order valence-corrected chi connectivity index (χ4v) is 7.00.